The van der Waals surface area contributed by atoms with Crippen molar-refractivity contribution < 1.29 is 8.78 Å². The lowest BCUT2D eigenvalue weighted by molar-refractivity contribution is 0.142. The molecule has 0 bridgehead atoms. The number of halogens is 2. The molecule has 0 aliphatic heterocycles. The van der Waals surface area contributed by atoms with Gasteiger partial charge in [-0.25, -0.2) is 18.7 Å². The van der Waals surface area contributed by atoms with Crippen LogP contribution in [0.25, 0.3) is 0 Å². The number of aromatic nitrogens is 2. The Kier molecular flexibility index (Phi) is 3.73. The van der Waals surface area contributed by atoms with Gasteiger partial charge >= 0.3 is 0 Å². The van der Waals surface area contributed by atoms with Crippen molar-refractivity contribution in [2.24, 2.45) is 0 Å². The highest BCUT2D eigenvalue weighted by atomic mass is 19.3. The predicted molar refractivity (Wildman–Crippen MR) is 50.6 cm³/mol. The molecule has 5 heteroatoms. The Morgan fingerprint density at radius 3 is 2.64 bits per heavy atom. The monoisotopic (exact) mass is 201 g/mol. The van der Waals surface area contributed by atoms with Gasteiger partial charge in [-0.15, -0.1) is 0 Å². The zero-order valence-electron chi connectivity index (χ0n) is 8.22. The number of nitrogens with zero attached hydrogens (tertiary/aromatic N) is 2. The van der Waals surface area contributed by atoms with Gasteiger partial charge < -0.3 is 5.32 Å². The van der Waals surface area contributed by atoms with Crippen LogP contribution in [0.15, 0.2) is 6.07 Å². The van der Waals surface area contributed by atoms with Crippen LogP contribution in [0.5, 0.6) is 0 Å². The lowest BCUT2D eigenvalue weighted by Crippen LogP contribution is -2.08. The summed E-state index contributed by atoms with van der Waals surface area (Å²) >= 11 is 0. The van der Waals surface area contributed by atoms with Gasteiger partial charge in [0.15, 0.2) is 0 Å². The van der Waals surface area contributed by atoms with Crippen molar-refractivity contribution in [2.45, 2.75) is 26.7 Å². The summed E-state index contributed by atoms with van der Waals surface area (Å²) in [5.74, 6) is 1.25. The second-order valence-corrected chi connectivity index (χ2v) is 3.05. The molecule has 0 radical (unpaired) electrons. The molecule has 0 aliphatic rings. The molecule has 14 heavy (non-hydrogen) atoms. The standard InChI is InChI=1S/C9H13F2N3/c1-6-5-9(14-7(2)13-6)12-4-3-8(10)11/h5,8H,3-4H2,1-2H3,(H,12,13,14). The van der Waals surface area contributed by atoms with Crippen LogP contribution in [-0.2, 0) is 0 Å². The molecule has 78 valence electrons. The first kappa shape index (κ1) is 10.8. The number of rotatable bonds is 4. The van der Waals surface area contributed by atoms with E-state index in [0.29, 0.717) is 11.6 Å². The van der Waals surface area contributed by atoms with Crippen LogP contribution in [0.1, 0.15) is 17.9 Å². The van der Waals surface area contributed by atoms with Crippen LogP contribution in [0.2, 0.25) is 0 Å². The van der Waals surface area contributed by atoms with E-state index in [9.17, 15) is 8.78 Å². The van der Waals surface area contributed by atoms with Crippen LogP contribution in [0, 0.1) is 13.8 Å². The second kappa shape index (κ2) is 4.83. The van der Waals surface area contributed by atoms with Crippen LogP contribution in [0.4, 0.5) is 14.6 Å². The zero-order valence-corrected chi connectivity index (χ0v) is 8.22. The molecule has 1 N–H and O–H groups in total. The molecular formula is C9H13F2N3. The summed E-state index contributed by atoms with van der Waals surface area (Å²) in [6.45, 7) is 3.84. The minimum Gasteiger partial charge on any atom is -0.370 e. The fourth-order valence-electron chi connectivity index (χ4n) is 1.12. The SMILES string of the molecule is Cc1cc(NCCC(F)F)nc(C)n1. The number of anilines is 1. The van der Waals surface area contributed by atoms with Crippen molar-refractivity contribution in [1.82, 2.24) is 9.97 Å². The van der Waals surface area contributed by atoms with Crippen molar-refractivity contribution in [3.63, 3.8) is 0 Å². The Morgan fingerprint density at radius 1 is 1.36 bits per heavy atom. The Labute approximate surface area is 81.6 Å². The lowest BCUT2D eigenvalue weighted by Gasteiger charge is -2.06. The van der Waals surface area contributed by atoms with E-state index < -0.39 is 6.43 Å². The minimum atomic E-state index is -2.27. The summed E-state index contributed by atoms with van der Waals surface area (Å²) in [6, 6.07) is 1.73. The second-order valence-electron chi connectivity index (χ2n) is 3.05. The predicted octanol–water partition coefficient (Wildman–Crippen LogP) is 2.16. The van der Waals surface area contributed by atoms with Crippen molar-refractivity contribution >= 4 is 5.82 Å². The van der Waals surface area contributed by atoms with Crippen LogP contribution < -0.4 is 5.32 Å². The first-order valence-electron chi connectivity index (χ1n) is 4.42. The Balaban J connectivity index is 2.50. The van der Waals surface area contributed by atoms with E-state index in [1.807, 2.05) is 6.92 Å². The quantitative estimate of drug-likeness (QED) is 0.811. The van der Waals surface area contributed by atoms with Crippen molar-refractivity contribution in [3.05, 3.63) is 17.6 Å². The van der Waals surface area contributed by atoms with Crippen LogP contribution in [-0.4, -0.2) is 22.9 Å². The highest BCUT2D eigenvalue weighted by molar-refractivity contribution is 5.35. The summed E-state index contributed by atoms with van der Waals surface area (Å²) in [6.07, 6.45) is -2.44. The molecule has 0 amide bonds. The van der Waals surface area contributed by atoms with E-state index in [4.69, 9.17) is 0 Å². The van der Waals surface area contributed by atoms with Gasteiger partial charge in [0.1, 0.15) is 11.6 Å². The van der Waals surface area contributed by atoms with Gasteiger partial charge in [0.05, 0.1) is 0 Å². The molecule has 0 spiro atoms. The number of aryl methyl sites for hydroxylation is 2. The van der Waals surface area contributed by atoms with E-state index in [-0.39, 0.29) is 13.0 Å². The summed E-state index contributed by atoms with van der Waals surface area (Å²) in [5.41, 5.74) is 0.831. The van der Waals surface area contributed by atoms with Crippen molar-refractivity contribution in [3.8, 4) is 0 Å². The fraction of sp³-hybridized carbons (Fsp3) is 0.556. The molecule has 0 saturated heterocycles. The highest BCUT2D eigenvalue weighted by Gasteiger charge is 2.02. The first-order chi connectivity index (χ1) is 6.58. The van der Waals surface area contributed by atoms with Gasteiger partial charge in [0.2, 0.25) is 6.43 Å². The lowest BCUT2D eigenvalue weighted by atomic mass is 10.4. The summed E-state index contributed by atoms with van der Waals surface area (Å²) in [4.78, 5) is 8.14. The van der Waals surface area contributed by atoms with Gasteiger partial charge in [0.25, 0.3) is 0 Å². The molecular weight excluding hydrogens is 188 g/mol. The fourth-order valence-corrected chi connectivity index (χ4v) is 1.12. The third kappa shape index (κ3) is 3.64. The van der Waals surface area contributed by atoms with E-state index in [0.717, 1.165) is 5.69 Å². The van der Waals surface area contributed by atoms with Gasteiger partial charge in [-0.3, -0.25) is 0 Å². The molecule has 1 heterocycles. The van der Waals surface area contributed by atoms with Gasteiger partial charge in [-0.2, -0.15) is 0 Å². The molecule has 0 atom stereocenters. The average Bonchev–Trinajstić information content (AvgIpc) is 2.01. The minimum absolute atomic E-state index is 0.165. The third-order valence-corrected chi connectivity index (χ3v) is 1.63. The molecule has 3 nitrogen and oxygen atoms in total. The Bertz CT molecular complexity index is 282. The average molecular weight is 201 g/mol. The van der Waals surface area contributed by atoms with Crippen LogP contribution >= 0.6 is 0 Å². The number of hydrogen-bond donors (Lipinski definition) is 1. The molecule has 1 rings (SSSR count). The molecule has 0 saturated carbocycles. The van der Waals surface area contributed by atoms with Gasteiger partial charge in [-0.05, 0) is 13.8 Å². The Hall–Kier alpha value is -1.26. The zero-order chi connectivity index (χ0) is 10.6. The maximum absolute atomic E-state index is 11.8. The smallest absolute Gasteiger partial charge is 0.240 e. The molecule has 1 aromatic heterocycles. The third-order valence-electron chi connectivity index (χ3n) is 1.63. The maximum atomic E-state index is 11.8. The largest absolute Gasteiger partial charge is 0.370 e. The highest BCUT2D eigenvalue weighted by Crippen LogP contribution is 2.06. The summed E-state index contributed by atoms with van der Waals surface area (Å²) < 4.78 is 23.6. The molecule has 0 unspecified atom stereocenters. The topological polar surface area (TPSA) is 37.8 Å². The molecule has 0 aliphatic carbocycles. The molecule has 0 fully saturated rings. The number of hydrogen-bond acceptors (Lipinski definition) is 3. The number of nitrogens with one attached hydrogen (secondary N) is 1. The molecule has 1 aromatic rings. The van der Waals surface area contributed by atoms with Crippen LogP contribution in [0.3, 0.4) is 0 Å². The summed E-state index contributed by atoms with van der Waals surface area (Å²) in [7, 11) is 0. The van der Waals surface area contributed by atoms with Crippen molar-refractivity contribution in [2.75, 3.05) is 11.9 Å². The van der Waals surface area contributed by atoms with Crippen molar-refractivity contribution in [1.29, 1.82) is 0 Å². The first-order valence-corrected chi connectivity index (χ1v) is 4.42. The van der Waals surface area contributed by atoms with E-state index in [1.54, 1.807) is 13.0 Å². The molecule has 0 aromatic carbocycles. The normalized spacial score (nSPS) is 10.6. The number of alkyl halides is 2. The van der Waals surface area contributed by atoms with E-state index in [1.165, 1.54) is 0 Å². The van der Waals surface area contributed by atoms with Gasteiger partial charge in [-0.1, -0.05) is 0 Å². The maximum Gasteiger partial charge on any atom is 0.240 e. The van der Waals surface area contributed by atoms with E-state index in [2.05, 4.69) is 15.3 Å². The van der Waals surface area contributed by atoms with Gasteiger partial charge in [0, 0.05) is 24.7 Å². The van der Waals surface area contributed by atoms with E-state index >= 15 is 0 Å². The summed E-state index contributed by atoms with van der Waals surface area (Å²) in [5, 5.41) is 2.83. The Morgan fingerprint density at radius 2 is 2.07 bits per heavy atom.